The van der Waals surface area contributed by atoms with E-state index in [1.54, 1.807) is 0 Å². The summed E-state index contributed by atoms with van der Waals surface area (Å²) in [6.45, 7) is 22.5. The summed E-state index contributed by atoms with van der Waals surface area (Å²) in [6.07, 6.45) is 5.70. The molecular formula is C28H54N4O2. The van der Waals surface area contributed by atoms with Gasteiger partial charge in [-0.2, -0.15) is 0 Å². The van der Waals surface area contributed by atoms with Gasteiger partial charge < -0.3 is 10.6 Å². The maximum Gasteiger partial charge on any atom is 0.309 e. The first-order valence-electron chi connectivity index (χ1n) is 13.7. The van der Waals surface area contributed by atoms with E-state index in [9.17, 15) is 9.59 Å². The second kappa shape index (κ2) is 10.1. The zero-order chi connectivity index (χ0) is 26.3. The maximum atomic E-state index is 13.2. The first-order valence-corrected chi connectivity index (χ1v) is 13.7. The van der Waals surface area contributed by atoms with Gasteiger partial charge in [0.1, 0.15) is 0 Å². The largest absolute Gasteiger partial charge is 0.345 e. The van der Waals surface area contributed by atoms with Gasteiger partial charge in [0.2, 0.25) is 0 Å². The molecule has 2 fully saturated rings. The van der Waals surface area contributed by atoms with Gasteiger partial charge in [-0.15, -0.1) is 0 Å². The Kier molecular flexibility index (Phi) is 8.63. The number of hydrogen-bond donors (Lipinski definition) is 2. The van der Waals surface area contributed by atoms with Crippen molar-refractivity contribution in [1.29, 1.82) is 0 Å². The third-order valence-electron chi connectivity index (χ3n) is 11.4. The molecule has 2 heterocycles. The van der Waals surface area contributed by atoms with Gasteiger partial charge in [-0.25, -0.2) is 0 Å². The first-order chi connectivity index (χ1) is 15.6. The predicted octanol–water partition coefficient (Wildman–Crippen LogP) is 4.57. The van der Waals surface area contributed by atoms with E-state index in [1.807, 2.05) is 0 Å². The van der Waals surface area contributed by atoms with E-state index in [0.29, 0.717) is 0 Å². The van der Waals surface area contributed by atoms with Crippen LogP contribution in [0.5, 0.6) is 0 Å². The van der Waals surface area contributed by atoms with Crippen molar-refractivity contribution in [3.05, 3.63) is 0 Å². The Hall–Kier alpha value is -1.14. The summed E-state index contributed by atoms with van der Waals surface area (Å²) in [5.74, 6) is -0.484. The number of carbonyl (C=O) groups is 2. The number of amides is 2. The van der Waals surface area contributed by atoms with Gasteiger partial charge in [-0.3, -0.25) is 19.4 Å². The Morgan fingerprint density at radius 1 is 0.676 bits per heavy atom. The third kappa shape index (κ3) is 4.66. The van der Waals surface area contributed by atoms with Gasteiger partial charge >= 0.3 is 11.8 Å². The predicted molar refractivity (Wildman–Crippen MR) is 142 cm³/mol. The number of hydrogen-bond acceptors (Lipinski definition) is 4. The van der Waals surface area contributed by atoms with Crippen LogP contribution in [0.2, 0.25) is 0 Å². The summed E-state index contributed by atoms with van der Waals surface area (Å²) >= 11 is 0. The molecule has 2 aliphatic rings. The second-order valence-corrected chi connectivity index (χ2v) is 12.4. The van der Waals surface area contributed by atoms with Gasteiger partial charge in [0.05, 0.1) is 0 Å². The van der Waals surface area contributed by atoms with Crippen LogP contribution in [0.15, 0.2) is 0 Å². The number of likely N-dealkylation sites (tertiary alicyclic amines) is 2. The fourth-order valence-corrected chi connectivity index (χ4v) is 6.99. The lowest BCUT2D eigenvalue weighted by Crippen LogP contribution is -2.70. The highest BCUT2D eigenvalue weighted by molar-refractivity contribution is 6.35. The molecular weight excluding hydrogens is 424 g/mol. The van der Waals surface area contributed by atoms with Gasteiger partial charge in [0, 0.05) is 34.2 Å². The molecule has 0 aromatic rings. The molecule has 198 valence electrons. The highest BCUT2D eigenvalue weighted by Gasteiger charge is 2.53. The lowest BCUT2D eigenvalue weighted by atomic mass is 9.67. The minimum Gasteiger partial charge on any atom is -0.345 e. The number of piperidine rings is 2. The lowest BCUT2D eigenvalue weighted by molar-refractivity contribution is -0.144. The molecule has 2 N–H and O–H groups in total. The van der Waals surface area contributed by atoms with E-state index in [4.69, 9.17) is 0 Å². The van der Waals surface area contributed by atoms with Crippen LogP contribution in [-0.4, -0.2) is 69.9 Å². The van der Waals surface area contributed by atoms with Crippen molar-refractivity contribution in [2.24, 2.45) is 11.8 Å². The van der Waals surface area contributed by atoms with E-state index < -0.39 is 11.8 Å². The quantitative estimate of drug-likeness (QED) is 0.549. The van der Waals surface area contributed by atoms with E-state index >= 15 is 0 Å². The molecule has 0 spiro atoms. The van der Waals surface area contributed by atoms with E-state index in [2.05, 4.69) is 104 Å². The molecule has 34 heavy (non-hydrogen) atoms. The van der Waals surface area contributed by atoms with Crippen LogP contribution < -0.4 is 10.6 Å². The molecule has 2 rings (SSSR count). The Morgan fingerprint density at radius 3 is 1.21 bits per heavy atom. The van der Waals surface area contributed by atoms with Crippen molar-refractivity contribution in [1.82, 2.24) is 20.4 Å². The normalized spacial score (nSPS) is 44.0. The van der Waals surface area contributed by atoms with Gasteiger partial charge in [0.25, 0.3) is 0 Å². The lowest BCUT2D eigenvalue weighted by Gasteiger charge is -2.60. The summed E-state index contributed by atoms with van der Waals surface area (Å²) in [4.78, 5) is 31.4. The smallest absolute Gasteiger partial charge is 0.309 e. The average molecular weight is 479 g/mol. The molecule has 0 radical (unpaired) electrons. The summed E-state index contributed by atoms with van der Waals surface area (Å²) in [6, 6.07) is -0.0536. The molecule has 6 nitrogen and oxygen atoms in total. The van der Waals surface area contributed by atoms with E-state index in [0.717, 1.165) is 38.5 Å². The summed E-state index contributed by atoms with van der Waals surface area (Å²) in [5.41, 5.74) is -0.0996. The SMILES string of the molecule is CCC1(C)CC(NC(=O)C(=O)NC2CC(C)(CC)N(C)C(C)(CC)C2C)C(C)C(C)(CC)N1C. The van der Waals surface area contributed by atoms with Crippen molar-refractivity contribution in [3.8, 4) is 0 Å². The van der Waals surface area contributed by atoms with E-state index in [-0.39, 0.29) is 46.1 Å². The van der Waals surface area contributed by atoms with Crippen LogP contribution in [0.4, 0.5) is 0 Å². The van der Waals surface area contributed by atoms with Crippen LogP contribution in [0.25, 0.3) is 0 Å². The number of carbonyl (C=O) groups excluding carboxylic acids is 2. The van der Waals surface area contributed by atoms with Gasteiger partial charge in [-0.05, 0) is 92.2 Å². The third-order valence-corrected chi connectivity index (χ3v) is 11.4. The van der Waals surface area contributed by atoms with Crippen molar-refractivity contribution in [2.45, 2.75) is 142 Å². The van der Waals surface area contributed by atoms with Crippen molar-refractivity contribution >= 4 is 11.8 Å². The monoisotopic (exact) mass is 478 g/mol. The molecule has 0 aromatic heterocycles. The highest BCUT2D eigenvalue weighted by Crippen LogP contribution is 2.45. The van der Waals surface area contributed by atoms with Crippen LogP contribution in [0, 0.1) is 11.8 Å². The first kappa shape index (κ1) is 29.1. The van der Waals surface area contributed by atoms with Crippen molar-refractivity contribution < 1.29 is 9.59 Å². The molecule has 2 amide bonds. The zero-order valence-corrected chi connectivity index (χ0v) is 24.3. The molecule has 0 saturated carbocycles. The topological polar surface area (TPSA) is 64.7 Å². The standard InChI is InChI=1S/C28H54N4O2/c1-13-25(7)17-21(19(5)27(9,15-3)31(25)11)29-23(33)24(34)30-22-18-26(8,14-2)32(12)28(10,16-4)20(22)6/h19-22H,13-18H2,1-12H3,(H,29,33)(H,30,34). The Labute approximate surface area is 210 Å². The molecule has 0 bridgehead atoms. The molecule has 0 aliphatic carbocycles. The minimum atomic E-state index is -0.485. The molecule has 8 atom stereocenters. The van der Waals surface area contributed by atoms with Crippen LogP contribution in [-0.2, 0) is 9.59 Å². The van der Waals surface area contributed by atoms with Crippen LogP contribution >= 0.6 is 0 Å². The van der Waals surface area contributed by atoms with Crippen molar-refractivity contribution in [2.75, 3.05) is 14.1 Å². The summed E-state index contributed by atoms with van der Waals surface area (Å²) < 4.78 is 0. The Bertz CT molecular complexity index is 697. The number of rotatable bonds is 6. The highest BCUT2D eigenvalue weighted by atomic mass is 16.2. The molecule has 0 aromatic carbocycles. The summed E-state index contributed by atoms with van der Waals surface area (Å²) in [7, 11) is 4.43. The van der Waals surface area contributed by atoms with Gasteiger partial charge in [0.15, 0.2) is 0 Å². The number of nitrogens with one attached hydrogen (secondary N) is 2. The second-order valence-electron chi connectivity index (χ2n) is 12.4. The zero-order valence-electron chi connectivity index (χ0n) is 24.3. The van der Waals surface area contributed by atoms with Crippen molar-refractivity contribution in [3.63, 3.8) is 0 Å². The molecule has 6 heteroatoms. The Balaban J connectivity index is 2.20. The molecule has 2 aliphatic heterocycles. The summed E-state index contributed by atoms with van der Waals surface area (Å²) in [5, 5.41) is 6.33. The fourth-order valence-electron chi connectivity index (χ4n) is 6.99. The molecule has 8 unspecified atom stereocenters. The minimum absolute atomic E-state index is 0.0138. The van der Waals surface area contributed by atoms with E-state index in [1.165, 1.54) is 0 Å². The molecule has 2 saturated heterocycles. The maximum absolute atomic E-state index is 13.2. The fraction of sp³-hybridized carbons (Fsp3) is 0.929. The van der Waals surface area contributed by atoms with Crippen LogP contribution in [0.1, 0.15) is 108 Å². The Morgan fingerprint density at radius 2 is 0.971 bits per heavy atom. The van der Waals surface area contributed by atoms with Crippen LogP contribution in [0.3, 0.4) is 0 Å². The number of nitrogens with zero attached hydrogens (tertiary/aromatic N) is 2. The average Bonchev–Trinajstić information content (AvgIpc) is 2.82. The van der Waals surface area contributed by atoms with Gasteiger partial charge in [-0.1, -0.05) is 41.5 Å².